The molecule has 2 atom stereocenters. The topological polar surface area (TPSA) is 323 Å². The second-order valence-electron chi connectivity index (χ2n) is 14.7. The number of esters is 2. The van der Waals surface area contributed by atoms with Crippen LogP contribution >= 0.6 is 62.3 Å². The van der Waals surface area contributed by atoms with Crippen LogP contribution in [0.4, 0.5) is 0 Å². The lowest BCUT2D eigenvalue weighted by Gasteiger charge is -2.24. The van der Waals surface area contributed by atoms with Gasteiger partial charge in [0.15, 0.2) is 23.6 Å². The van der Waals surface area contributed by atoms with Crippen molar-refractivity contribution in [3.05, 3.63) is 140 Å². The van der Waals surface area contributed by atoms with Gasteiger partial charge in [0.1, 0.15) is 11.7 Å². The SMILES string of the molecule is CC(=O)OCBr.CC(=O)OCOn1cc(C(=O)NN(Cc2ccc(-c3cc(Cl)ccc3Cl)cc2)C[C@@H](O)C(=O)O)nn1.O=C(NN(Cc1ccc(-c2cc(Cl)ccc2Cl)cc1)C[C@@H](O)C(=O)O)c1cn(O)nn1. The Hall–Kier alpha value is -6.94. The first-order chi connectivity index (χ1) is 34.6. The molecule has 0 unspecified atom stereocenters. The van der Waals surface area contributed by atoms with Crippen LogP contribution in [0.5, 0.6) is 0 Å². The van der Waals surface area contributed by atoms with E-state index >= 15 is 0 Å². The summed E-state index contributed by atoms with van der Waals surface area (Å²) in [6, 6.07) is 24.5. The van der Waals surface area contributed by atoms with Crippen LogP contribution in [0, 0.1) is 0 Å². The van der Waals surface area contributed by atoms with Crippen molar-refractivity contribution in [3.63, 3.8) is 0 Å². The molecule has 0 bridgehead atoms. The lowest BCUT2D eigenvalue weighted by Crippen LogP contribution is -2.47. The number of rotatable bonds is 20. The summed E-state index contributed by atoms with van der Waals surface area (Å²) in [5, 5.41) is 65.3. The van der Waals surface area contributed by atoms with Crippen LogP contribution in [0.1, 0.15) is 46.0 Å². The number of carboxylic acid groups (broad SMARTS) is 2. The molecule has 0 aliphatic heterocycles. The molecule has 388 valence electrons. The second-order valence-corrected chi connectivity index (χ2v) is 16.8. The summed E-state index contributed by atoms with van der Waals surface area (Å²) < 4.78 is 8.93. The summed E-state index contributed by atoms with van der Waals surface area (Å²) in [6.45, 7) is 1.44. The van der Waals surface area contributed by atoms with Crippen molar-refractivity contribution in [3.8, 4) is 22.3 Å². The number of carboxylic acids is 2. The summed E-state index contributed by atoms with van der Waals surface area (Å²) in [4.78, 5) is 73.9. The zero-order valence-corrected chi connectivity index (χ0v) is 42.6. The second kappa shape index (κ2) is 28.9. The van der Waals surface area contributed by atoms with E-state index in [0.717, 1.165) is 39.5 Å². The van der Waals surface area contributed by atoms with Gasteiger partial charge in [0.25, 0.3) is 18.6 Å². The molecule has 0 saturated carbocycles. The first-order valence-electron chi connectivity index (χ1n) is 20.6. The van der Waals surface area contributed by atoms with E-state index < -0.39 is 61.8 Å². The van der Waals surface area contributed by atoms with Crippen LogP contribution in [0.3, 0.4) is 0 Å². The molecule has 29 heteroatoms. The van der Waals surface area contributed by atoms with Crippen molar-refractivity contribution in [2.45, 2.75) is 39.1 Å². The molecule has 0 aliphatic rings. The molecule has 4 aromatic carbocycles. The molecule has 0 aliphatic carbocycles. The first-order valence-corrected chi connectivity index (χ1v) is 23.3. The summed E-state index contributed by atoms with van der Waals surface area (Å²) in [6.07, 6.45) is -1.39. The number of aromatic nitrogens is 6. The van der Waals surface area contributed by atoms with Gasteiger partial charge < -0.3 is 39.9 Å². The fraction of sp³-hybridized carbons (Fsp3) is 0.227. The van der Waals surface area contributed by atoms with Crippen molar-refractivity contribution >= 4 is 98.0 Å². The number of nitrogens with one attached hydrogen (secondary N) is 2. The van der Waals surface area contributed by atoms with Gasteiger partial charge in [-0.3, -0.25) is 30.0 Å². The van der Waals surface area contributed by atoms with Gasteiger partial charge in [-0.25, -0.2) is 19.6 Å². The third-order valence-electron chi connectivity index (χ3n) is 9.14. The van der Waals surface area contributed by atoms with Gasteiger partial charge in [-0.05, 0) is 85.0 Å². The van der Waals surface area contributed by atoms with Gasteiger partial charge in [0.05, 0.1) is 19.3 Å². The number of hydrazine groups is 2. The molecule has 2 heterocycles. The van der Waals surface area contributed by atoms with Gasteiger partial charge in [0.2, 0.25) is 0 Å². The zero-order chi connectivity index (χ0) is 53.8. The number of carbonyl (C=O) groups excluding carboxylic acids is 4. The maximum atomic E-state index is 12.6. The minimum atomic E-state index is -1.77. The molecule has 73 heavy (non-hydrogen) atoms. The third kappa shape index (κ3) is 19.9. The average Bonchev–Trinajstić information content (AvgIpc) is 4.01. The van der Waals surface area contributed by atoms with E-state index in [1.165, 1.54) is 23.9 Å². The molecule has 0 spiro atoms. The van der Waals surface area contributed by atoms with E-state index in [1.54, 1.807) is 84.9 Å². The number of benzene rings is 4. The smallest absolute Gasteiger partial charge is 0.333 e. The number of hydrogen-bond donors (Lipinski definition) is 7. The highest BCUT2D eigenvalue weighted by Crippen LogP contribution is 2.32. The standard InChI is InChI=1S/C22H21Cl2N5O7.C19H17Cl2N5O5.C3H5BrO2/c1-13(30)35-12-36-29-10-19(25-27-29)21(32)26-28(11-20(31)22(33)34)9-14-2-4-15(5-3-14)17-8-16(23)6-7-18(17)24;20-13-5-6-15(21)14(7-13)12-3-1-11(2-4-12)8-25(10-17(27)19(29)30)23-18(28)16-9-26(31)24-22-16;1-3(5)6-2-4/h2-8,10,20,31H,9,11-12H2,1H3,(H,26,32)(H,33,34);1-7,9,17,27,31H,8,10H2,(H,23,28)(H,29,30);2H2,1H3/t20-;17-;/m11./s1. The highest BCUT2D eigenvalue weighted by atomic mass is 79.9. The lowest BCUT2D eigenvalue weighted by atomic mass is 10.0. The van der Waals surface area contributed by atoms with E-state index in [9.17, 15) is 39.0 Å². The van der Waals surface area contributed by atoms with Crippen LogP contribution in [0.25, 0.3) is 22.3 Å². The monoisotopic (exact) mass is 1150 g/mol. The van der Waals surface area contributed by atoms with Crippen molar-refractivity contribution in [1.82, 2.24) is 51.2 Å². The molecule has 6 rings (SSSR count). The predicted octanol–water partition coefficient (Wildman–Crippen LogP) is 4.78. The summed E-state index contributed by atoms with van der Waals surface area (Å²) in [5.74, 6) is -5.19. The van der Waals surface area contributed by atoms with E-state index in [0.29, 0.717) is 41.6 Å². The quantitative estimate of drug-likeness (QED) is 0.0178. The molecular formula is C44H43BrCl4N10O14. The molecule has 2 amide bonds. The number of aliphatic hydroxyl groups is 2. The Morgan fingerprint density at radius 1 is 0.644 bits per heavy atom. The van der Waals surface area contributed by atoms with Crippen LogP contribution in [-0.4, -0.2) is 139 Å². The number of aliphatic carboxylic acids is 2. The molecule has 7 N–H and O–H groups in total. The zero-order valence-electron chi connectivity index (χ0n) is 38.0. The van der Waals surface area contributed by atoms with Gasteiger partial charge in [-0.1, -0.05) is 105 Å². The van der Waals surface area contributed by atoms with E-state index in [2.05, 4.69) is 56.9 Å². The third-order valence-corrected chi connectivity index (χ3v) is 10.5. The fourth-order valence-corrected chi connectivity index (χ4v) is 6.87. The average molecular weight is 1160 g/mol. The highest BCUT2D eigenvalue weighted by molar-refractivity contribution is 9.09. The Morgan fingerprint density at radius 2 is 1.07 bits per heavy atom. The maximum Gasteiger partial charge on any atom is 0.333 e. The van der Waals surface area contributed by atoms with Crippen molar-refractivity contribution < 1.29 is 68.7 Å². The van der Waals surface area contributed by atoms with Crippen molar-refractivity contribution in [2.24, 2.45) is 0 Å². The van der Waals surface area contributed by atoms with Gasteiger partial charge in [-0.2, -0.15) is 0 Å². The largest absolute Gasteiger partial charge is 0.479 e. The van der Waals surface area contributed by atoms with Crippen LogP contribution in [0.15, 0.2) is 97.3 Å². The summed E-state index contributed by atoms with van der Waals surface area (Å²) in [7, 11) is 0. The maximum absolute atomic E-state index is 12.6. The predicted molar refractivity (Wildman–Crippen MR) is 263 cm³/mol. The molecule has 24 nitrogen and oxygen atoms in total. The van der Waals surface area contributed by atoms with Crippen molar-refractivity contribution in [2.75, 3.05) is 25.4 Å². The Kier molecular flexibility index (Phi) is 23.2. The van der Waals surface area contributed by atoms with Gasteiger partial charge in [-0.15, -0.1) is 10.2 Å². The Labute approximate surface area is 442 Å². The molecule has 0 saturated heterocycles. The molecule has 2 aromatic heterocycles. The van der Waals surface area contributed by atoms with Crippen molar-refractivity contribution in [1.29, 1.82) is 0 Å². The van der Waals surface area contributed by atoms with E-state index in [4.69, 9.17) is 66.7 Å². The number of halogens is 5. The number of amides is 2. The number of aliphatic hydroxyl groups excluding tert-OH is 2. The molecule has 0 fully saturated rings. The minimum absolute atomic E-state index is 0.0523. The summed E-state index contributed by atoms with van der Waals surface area (Å²) in [5.41, 5.74) is 9.40. The molecule has 6 aromatic rings. The highest BCUT2D eigenvalue weighted by Gasteiger charge is 2.24. The number of carbonyl (C=O) groups is 6. The fourth-order valence-electron chi connectivity index (χ4n) is 5.75. The van der Waals surface area contributed by atoms with Crippen LogP contribution in [0.2, 0.25) is 20.1 Å². The van der Waals surface area contributed by atoms with Crippen LogP contribution in [-0.2, 0) is 41.7 Å². The Bertz CT molecular complexity index is 2840. The summed E-state index contributed by atoms with van der Waals surface area (Å²) >= 11 is 27.5. The molecule has 0 radical (unpaired) electrons. The number of alkyl halides is 1. The first kappa shape index (κ1) is 58.6. The van der Waals surface area contributed by atoms with Crippen LogP contribution < -0.4 is 15.7 Å². The number of nitrogens with zero attached hydrogens (tertiary/aromatic N) is 8. The normalized spacial score (nSPS) is 11.5. The molecular weight excluding hydrogens is 1110 g/mol. The Balaban J connectivity index is 0.000000287. The van der Waals surface area contributed by atoms with E-state index in [1.807, 2.05) is 0 Å². The lowest BCUT2D eigenvalue weighted by molar-refractivity contribution is -0.155. The van der Waals surface area contributed by atoms with Gasteiger partial charge >= 0.3 is 23.9 Å². The minimum Gasteiger partial charge on any atom is -0.479 e. The Morgan fingerprint density at radius 3 is 1.44 bits per heavy atom. The van der Waals surface area contributed by atoms with E-state index in [-0.39, 0.29) is 30.4 Å². The number of ether oxygens (including phenoxy) is 2. The number of hydrogen-bond acceptors (Lipinski definition) is 18. The van der Waals surface area contributed by atoms with Gasteiger partial charge in [0, 0.05) is 58.2 Å².